The number of carbonyl (C=O) groups is 1. The topological polar surface area (TPSA) is 61.9 Å². The summed E-state index contributed by atoms with van der Waals surface area (Å²) in [4.78, 5) is 18.7. The van der Waals surface area contributed by atoms with Gasteiger partial charge in [0, 0.05) is 6.54 Å². The van der Waals surface area contributed by atoms with Crippen molar-refractivity contribution in [2.24, 2.45) is 0 Å². The predicted octanol–water partition coefficient (Wildman–Crippen LogP) is 2.83. The van der Waals surface area contributed by atoms with E-state index in [9.17, 15) is 4.79 Å². The highest BCUT2D eigenvalue weighted by molar-refractivity contribution is 6.33. The van der Waals surface area contributed by atoms with Crippen molar-refractivity contribution in [2.45, 2.75) is 25.3 Å². The first-order chi connectivity index (χ1) is 9.77. The van der Waals surface area contributed by atoms with Crippen molar-refractivity contribution < 1.29 is 4.79 Å². The van der Waals surface area contributed by atoms with E-state index in [1.54, 1.807) is 12.1 Å². The number of piperidine rings is 1. The zero-order chi connectivity index (χ0) is 13.9. The van der Waals surface area contributed by atoms with Crippen molar-refractivity contribution in [3.63, 3.8) is 0 Å². The molecule has 0 saturated carbocycles. The normalized spacial score (nSPS) is 19.1. The van der Waals surface area contributed by atoms with E-state index < -0.39 is 0 Å². The van der Waals surface area contributed by atoms with Gasteiger partial charge in [-0.15, -0.1) is 0 Å². The van der Waals surface area contributed by atoms with Crippen LogP contribution in [0.5, 0.6) is 0 Å². The maximum atomic E-state index is 12.7. The molecule has 1 fully saturated rings. The molecule has 2 heterocycles. The highest BCUT2D eigenvalue weighted by atomic mass is 35.5. The minimum Gasteiger partial charge on any atom is -0.328 e. The first kappa shape index (κ1) is 13.1. The molecular formula is C14H15ClN4O. The molecule has 1 aromatic carbocycles. The highest BCUT2D eigenvalue weighted by Gasteiger charge is 2.31. The van der Waals surface area contributed by atoms with E-state index in [1.807, 2.05) is 17.0 Å². The summed E-state index contributed by atoms with van der Waals surface area (Å²) in [5, 5.41) is 7.24. The van der Waals surface area contributed by atoms with E-state index in [1.165, 1.54) is 6.33 Å². The number of amides is 1. The number of aromatic amines is 1. The van der Waals surface area contributed by atoms with E-state index in [0.29, 0.717) is 10.6 Å². The van der Waals surface area contributed by atoms with E-state index in [-0.39, 0.29) is 11.9 Å². The molecule has 0 aliphatic carbocycles. The number of likely N-dealkylation sites (tertiary alicyclic amines) is 1. The van der Waals surface area contributed by atoms with Gasteiger partial charge in [-0.05, 0) is 31.4 Å². The van der Waals surface area contributed by atoms with Crippen LogP contribution < -0.4 is 0 Å². The number of hydrogen-bond acceptors (Lipinski definition) is 3. The Morgan fingerprint density at radius 1 is 1.35 bits per heavy atom. The van der Waals surface area contributed by atoms with Crippen LogP contribution in [-0.4, -0.2) is 32.5 Å². The first-order valence-corrected chi connectivity index (χ1v) is 7.06. The summed E-state index contributed by atoms with van der Waals surface area (Å²) in [6.07, 6.45) is 4.45. The molecule has 5 nitrogen and oxygen atoms in total. The van der Waals surface area contributed by atoms with E-state index in [2.05, 4.69) is 15.2 Å². The van der Waals surface area contributed by atoms with Gasteiger partial charge in [-0.2, -0.15) is 5.10 Å². The third kappa shape index (κ3) is 2.41. The molecule has 2 aromatic rings. The lowest BCUT2D eigenvalue weighted by molar-refractivity contribution is 0.0600. The van der Waals surface area contributed by atoms with Gasteiger partial charge in [0.1, 0.15) is 12.2 Å². The summed E-state index contributed by atoms with van der Waals surface area (Å²) in [6, 6.07) is 7.10. The molecule has 0 spiro atoms. The van der Waals surface area contributed by atoms with Crippen molar-refractivity contribution in [3.8, 4) is 0 Å². The fraction of sp³-hybridized carbons (Fsp3) is 0.357. The van der Waals surface area contributed by atoms with Gasteiger partial charge in [-0.25, -0.2) is 4.98 Å². The summed E-state index contributed by atoms with van der Waals surface area (Å²) in [7, 11) is 0. The largest absolute Gasteiger partial charge is 0.328 e. The van der Waals surface area contributed by atoms with Crippen LogP contribution in [0.4, 0.5) is 0 Å². The average Bonchev–Trinajstić information content (AvgIpc) is 3.01. The van der Waals surface area contributed by atoms with Crippen LogP contribution in [0.3, 0.4) is 0 Å². The van der Waals surface area contributed by atoms with E-state index >= 15 is 0 Å². The van der Waals surface area contributed by atoms with Crippen LogP contribution in [0.1, 0.15) is 41.5 Å². The van der Waals surface area contributed by atoms with Crippen molar-refractivity contribution >= 4 is 17.5 Å². The van der Waals surface area contributed by atoms with Crippen molar-refractivity contribution in [3.05, 3.63) is 47.0 Å². The standard InChI is InChI=1S/C14H15ClN4O/c15-11-6-2-1-5-10(11)14(20)19-8-4-3-7-12(19)13-16-9-17-18-13/h1-2,5-6,9,12H,3-4,7-8H2,(H,16,17,18)/t12-/m0/s1. The molecule has 3 rings (SSSR count). The summed E-state index contributed by atoms with van der Waals surface area (Å²) >= 11 is 6.13. The summed E-state index contributed by atoms with van der Waals surface area (Å²) in [5.74, 6) is 0.696. The molecule has 1 saturated heterocycles. The van der Waals surface area contributed by atoms with Gasteiger partial charge in [0.05, 0.1) is 16.6 Å². The average molecular weight is 291 g/mol. The van der Waals surface area contributed by atoms with Gasteiger partial charge < -0.3 is 4.90 Å². The molecule has 6 heteroatoms. The number of carbonyl (C=O) groups excluding carboxylic acids is 1. The SMILES string of the molecule is O=C(c1ccccc1Cl)N1CCCC[C@H]1c1ncn[nH]1. The maximum Gasteiger partial charge on any atom is 0.255 e. The second-order valence-corrected chi connectivity index (χ2v) is 5.27. The fourth-order valence-electron chi connectivity index (χ4n) is 2.62. The van der Waals surface area contributed by atoms with Gasteiger partial charge >= 0.3 is 0 Å². The molecule has 1 N–H and O–H groups in total. The second kappa shape index (κ2) is 5.63. The molecule has 1 atom stereocenters. The number of aromatic nitrogens is 3. The first-order valence-electron chi connectivity index (χ1n) is 6.68. The van der Waals surface area contributed by atoms with Gasteiger partial charge in [0.15, 0.2) is 0 Å². The van der Waals surface area contributed by atoms with Crippen LogP contribution in [0, 0.1) is 0 Å². The van der Waals surface area contributed by atoms with Crippen molar-refractivity contribution in [2.75, 3.05) is 6.54 Å². The van der Waals surface area contributed by atoms with Crippen LogP contribution >= 0.6 is 11.6 Å². The second-order valence-electron chi connectivity index (χ2n) is 4.86. The smallest absolute Gasteiger partial charge is 0.255 e. The Balaban J connectivity index is 1.90. The van der Waals surface area contributed by atoms with Crippen LogP contribution in [0.15, 0.2) is 30.6 Å². The Labute approximate surface area is 122 Å². The van der Waals surface area contributed by atoms with Gasteiger partial charge in [-0.1, -0.05) is 23.7 Å². The number of H-pyrrole nitrogens is 1. The molecule has 1 aromatic heterocycles. The van der Waals surface area contributed by atoms with Crippen molar-refractivity contribution in [1.29, 1.82) is 0 Å². The monoisotopic (exact) mass is 290 g/mol. The number of nitrogens with one attached hydrogen (secondary N) is 1. The molecule has 0 unspecified atom stereocenters. The highest BCUT2D eigenvalue weighted by Crippen LogP contribution is 2.31. The predicted molar refractivity (Wildman–Crippen MR) is 75.5 cm³/mol. The molecule has 1 aliphatic rings. The lowest BCUT2D eigenvalue weighted by atomic mass is 10.00. The molecule has 1 amide bonds. The minimum atomic E-state index is -0.0463. The Morgan fingerprint density at radius 3 is 2.95 bits per heavy atom. The molecule has 1 aliphatic heterocycles. The number of benzene rings is 1. The maximum absolute atomic E-state index is 12.7. The molecule has 20 heavy (non-hydrogen) atoms. The molecular weight excluding hydrogens is 276 g/mol. The van der Waals surface area contributed by atoms with Crippen LogP contribution in [-0.2, 0) is 0 Å². The summed E-state index contributed by atoms with van der Waals surface area (Å²) in [6.45, 7) is 0.718. The van der Waals surface area contributed by atoms with Gasteiger partial charge in [0.25, 0.3) is 5.91 Å². The summed E-state index contributed by atoms with van der Waals surface area (Å²) < 4.78 is 0. The number of nitrogens with zero attached hydrogens (tertiary/aromatic N) is 3. The quantitative estimate of drug-likeness (QED) is 0.925. The van der Waals surface area contributed by atoms with Gasteiger partial charge in [-0.3, -0.25) is 9.89 Å². The lowest BCUT2D eigenvalue weighted by Crippen LogP contribution is -2.39. The Bertz CT molecular complexity index is 599. The number of halogens is 1. The van der Waals surface area contributed by atoms with E-state index in [4.69, 9.17) is 11.6 Å². The number of rotatable bonds is 2. The zero-order valence-electron chi connectivity index (χ0n) is 10.9. The van der Waals surface area contributed by atoms with Crippen LogP contribution in [0.2, 0.25) is 5.02 Å². The van der Waals surface area contributed by atoms with Crippen molar-refractivity contribution in [1.82, 2.24) is 20.1 Å². The number of hydrogen-bond donors (Lipinski definition) is 1. The molecule has 0 bridgehead atoms. The molecule has 104 valence electrons. The third-order valence-electron chi connectivity index (χ3n) is 3.62. The Kier molecular flexibility index (Phi) is 3.69. The lowest BCUT2D eigenvalue weighted by Gasteiger charge is -2.34. The van der Waals surface area contributed by atoms with E-state index in [0.717, 1.165) is 31.6 Å². The van der Waals surface area contributed by atoms with Gasteiger partial charge in [0.2, 0.25) is 0 Å². The fourth-order valence-corrected chi connectivity index (χ4v) is 2.84. The Morgan fingerprint density at radius 2 is 2.20 bits per heavy atom. The zero-order valence-corrected chi connectivity index (χ0v) is 11.7. The Hall–Kier alpha value is -1.88. The summed E-state index contributed by atoms with van der Waals surface area (Å²) in [5.41, 5.74) is 0.542. The molecule has 0 radical (unpaired) electrons. The third-order valence-corrected chi connectivity index (χ3v) is 3.95. The van der Waals surface area contributed by atoms with Crippen LogP contribution in [0.25, 0.3) is 0 Å². The minimum absolute atomic E-state index is 0.0447.